The molecule has 0 saturated carbocycles. The van der Waals surface area contributed by atoms with Crippen LogP contribution in [0.3, 0.4) is 0 Å². The summed E-state index contributed by atoms with van der Waals surface area (Å²) in [5.41, 5.74) is 0.781. The second-order valence-electron chi connectivity index (χ2n) is 7.54. The fraction of sp³-hybridized carbons (Fsp3) is 0.167. The molecule has 0 spiro atoms. The summed E-state index contributed by atoms with van der Waals surface area (Å²) in [5.74, 6) is -1.00. The molecule has 1 N–H and O–H groups in total. The van der Waals surface area contributed by atoms with Gasteiger partial charge in [0, 0.05) is 34.9 Å². The number of nitrogens with one attached hydrogen (secondary N) is 1. The third-order valence-corrected chi connectivity index (χ3v) is 7.93. The van der Waals surface area contributed by atoms with E-state index in [1.165, 1.54) is 34.6 Å². The van der Waals surface area contributed by atoms with Crippen molar-refractivity contribution in [3.63, 3.8) is 0 Å². The van der Waals surface area contributed by atoms with E-state index in [-0.39, 0.29) is 40.2 Å². The average Bonchev–Trinajstić information content (AvgIpc) is 2.85. The molecular weight excluding hydrogens is 560 g/mol. The number of hydrogen-bond donors (Lipinski definition) is 1. The Bertz CT molecular complexity index is 1360. The molecule has 11 heteroatoms. The Hall–Kier alpha value is -2.76. The van der Waals surface area contributed by atoms with Crippen molar-refractivity contribution >= 4 is 55.1 Å². The van der Waals surface area contributed by atoms with Crippen LogP contribution in [-0.4, -0.2) is 50.9 Å². The van der Waals surface area contributed by atoms with E-state index in [1.54, 1.807) is 36.4 Å². The lowest BCUT2D eigenvalue weighted by molar-refractivity contribution is 0.0727. The highest BCUT2D eigenvalue weighted by Crippen LogP contribution is 2.26. The number of carbonyl (C=O) groups is 2. The molecule has 0 radical (unpaired) electrons. The molecule has 182 valence electrons. The van der Waals surface area contributed by atoms with E-state index in [0.29, 0.717) is 24.5 Å². The highest BCUT2D eigenvalue weighted by molar-refractivity contribution is 9.10. The lowest BCUT2D eigenvalue weighted by Gasteiger charge is -2.26. The monoisotopic (exact) mass is 578 g/mol. The van der Waals surface area contributed by atoms with Crippen LogP contribution in [0, 0.1) is 0 Å². The number of anilines is 1. The van der Waals surface area contributed by atoms with Gasteiger partial charge >= 0.3 is 5.97 Å². The fourth-order valence-corrected chi connectivity index (χ4v) is 5.25. The van der Waals surface area contributed by atoms with Crippen molar-refractivity contribution in [2.45, 2.75) is 4.90 Å². The molecule has 1 saturated heterocycles. The number of amides is 1. The van der Waals surface area contributed by atoms with Gasteiger partial charge in [0.1, 0.15) is 5.75 Å². The third kappa shape index (κ3) is 6.09. The number of rotatable bonds is 6. The minimum atomic E-state index is -3.82. The largest absolute Gasteiger partial charge is 0.423 e. The Balaban J connectivity index is 1.50. The van der Waals surface area contributed by atoms with Gasteiger partial charge in [-0.2, -0.15) is 4.31 Å². The summed E-state index contributed by atoms with van der Waals surface area (Å²) in [5, 5.41) is 2.79. The molecule has 0 unspecified atom stereocenters. The zero-order valence-electron chi connectivity index (χ0n) is 18.2. The van der Waals surface area contributed by atoms with Gasteiger partial charge < -0.3 is 14.8 Å². The van der Waals surface area contributed by atoms with Gasteiger partial charge in [-0.25, -0.2) is 13.2 Å². The second-order valence-corrected chi connectivity index (χ2v) is 10.8. The standard InChI is InChI=1S/C24H20BrClN2O6S/c25-17-6-4-16(5-7-17)23(29)27-18-2-1-3-19(14-18)34-24(30)21-15-20(8-9-22(21)26)35(31,32)28-10-12-33-13-11-28/h1-9,14-15H,10-13H2,(H,27,29). The van der Waals surface area contributed by atoms with Crippen molar-refractivity contribution in [3.8, 4) is 5.75 Å². The summed E-state index contributed by atoms with van der Waals surface area (Å²) in [6.07, 6.45) is 0. The third-order valence-electron chi connectivity index (χ3n) is 5.17. The smallest absolute Gasteiger partial charge is 0.345 e. The highest BCUT2D eigenvalue weighted by Gasteiger charge is 2.28. The van der Waals surface area contributed by atoms with Crippen LogP contribution >= 0.6 is 27.5 Å². The van der Waals surface area contributed by atoms with Crippen LogP contribution in [0.25, 0.3) is 0 Å². The van der Waals surface area contributed by atoms with Crippen LogP contribution in [0.1, 0.15) is 20.7 Å². The number of carbonyl (C=O) groups excluding carboxylic acids is 2. The van der Waals surface area contributed by atoms with E-state index < -0.39 is 16.0 Å². The molecule has 1 fully saturated rings. The molecule has 1 amide bonds. The Labute approximate surface area is 216 Å². The molecule has 3 aromatic carbocycles. The van der Waals surface area contributed by atoms with Gasteiger partial charge in [-0.1, -0.05) is 33.6 Å². The number of morpholine rings is 1. The molecule has 1 aliphatic rings. The van der Waals surface area contributed by atoms with E-state index >= 15 is 0 Å². The van der Waals surface area contributed by atoms with Crippen LogP contribution < -0.4 is 10.1 Å². The first-order valence-corrected chi connectivity index (χ1v) is 13.1. The van der Waals surface area contributed by atoms with Crippen molar-refractivity contribution in [1.82, 2.24) is 4.31 Å². The van der Waals surface area contributed by atoms with E-state index in [4.69, 9.17) is 21.1 Å². The molecular formula is C24H20BrClN2O6S. The van der Waals surface area contributed by atoms with Crippen LogP contribution in [0.2, 0.25) is 5.02 Å². The number of hydrogen-bond acceptors (Lipinski definition) is 6. The molecule has 0 atom stereocenters. The van der Waals surface area contributed by atoms with E-state index in [0.717, 1.165) is 4.47 Å². The number of esters is 1. The van der Waals surface area contributed by atoms with Gasteiger partial charge in [0.15, 0.2) is 0 Å². The Morgan fingerprint density at radius 1 is 1.00 bits per heavy atom. The molecule has 3 aromatic rings. The minimum absolute atomic E-state index is 0.0515. The van der Waals surface area contributed by atoms with Gasteiger partial charge in [-0.15, -0.1) is 0 Å². The molecule has 4 rings (SSSR count). The van der Waals surface area contributed by atoms with Crippen LogP contribution in [-0.2, 0) is 14.8 Å². The van der Waals surface area contributed by atoms with Crippen molar-refractivity contribution < 1.29 is 27.5 Å². The highest BCUT2D eigenvalue weighted by atomic mass is 79.9. The number of ether oxygens (including phenoxy) is 2. The van der Waals surface area contributed by atoms with Gasteiger partial charge in [-0.05, 0) is 54.6 Å². The Morgan fingerprint density at radius 2 is 1.71 bits per heavy atom. The predicted molar refractivity (Wildman–Crippen MR) is 135 cm³/mol. The van der Waals surface area contributed by atoms with Crippen molar-refractivity contribution in [2.24, 2.45) is 0 Å². The maximum atomic E-state index is 12.9. The summed E-state index contributed by atoms with van der Waals surface area (Å²) in [7, 11) is -3.82. The van der Waals surface area contributed by atoms with Crippen molar-refractivity contribution in [2.75, 3.05) is 31.6 Å². The number of nitrogens with zero attached hydrogens (tertiary/aromatic N) is 1. The topological polar surface area (TPSA) is 102 Å². The van der Waals surface area contributed by atoms with Gasteiger partial charge in [0.2, 0.25) is 10.0 Å². The van der Waals surface area contributed by atoms with Crippen LogP contribution in [0.5, 0.6) is 5.75 Å². The maximum absolute atomic E-state index is 12.9. The van der Waals surface area contributed by atoms with Crippen LogP contribution in [0.4, 0.5) is 5.69 Å². The lowest BCUT2D eigenvalue weighted by atomic mass is 10.2. The van der Waals surface area contributed by atoms with Gasteiger partial charge in [0.05, 0.1) is 28.7 Å². The van der Waals surface area contributed by atoms with E-state index in [9.17, 15) is 18.0 Å². The molecule has 1 aliphatic heterocycles. The summed E-state index contributed by atoms with van der Waals surface area (Å²) >= 11 is 9.51. The number of halogens is 2. The van der Waals surface area contributed by atoms with Gasteiger partial charge in [0.25, 0.3) is 5.91 Å². The average molecular weight is 580 g/mol. The molecule has 0 bridgehead atoms. The Morgan fingerprint density at radius 3 is 2.43 bits per heavy atom. The SMILES string of the molecule is O=C(Nc1cccc(OC(=O)c2cc(S(=O)(=O)N3CCOCC3)ccc2Cl)c1)c1ccc(Br)cc1. The summed E-state index contributed by atoms with van der Waals surface area (Å²) in [6, 6.07) is 17.0. The first kappa shape index (κ1) is 25.3. The molecule has 1 heterocycles. The van der Waals surface area contributed by atoms with Crippen molar-refractivity contribution in [1.29, 1.82) is 0 Å². The zero-order chi connectivity index (χ0) is 25.0. The summed E-state index contributed by atoms with van der Waals surface area (Å²) in [4.78, 5) is 25.3. The van der Waals surface area contributed by atoms with E-state index in [2.05, 4.69) is 21.2 Å². The Kier molecular flexibility index (Phi) is 7.88. The minimum Gasteiger partial charge on any atom is -0.423 e. The number of benzene rings is 3. The quantitative estimate of drug-likeness (QED) is 0.338. The predicted octanol–water partition coefficient (Wildman–Crippen LogP) is 4.59. The maximum Gasteiger partial charge on any atom is 0.345 e. The van der Waals surface area contributed by atoms with E-state index in [1.807, 2.05) is 0 Å². The van der Waals surface area contributed by atoms with Crippen molar-refractivity contribution in [3.05, 3.63) is 87.4 Å². The number of sulfonamides is 1. The molecule has 8 nitrogen and oxygen atoms in total. The second kappa shape index (κ2) is 10.9. The van der Waals surface area contributed by atoms with Crippen LogP contribution in [0.15, 0.2) is 76.1 Å². The summed E-state index contributed by atoms with van der Waals surface area (Å²) in [6.45, 7) is 1.06. The molecule has 35 heavy (non-hydrogen) atoms. The van der Waals surface area contributed by atoms with Gasteiger partial charge in [-0.3, -0.25) is 4.79 Å². The fourth-order valence-electron chi connectivity index (χ4n) is 3.36. The molecule has 0 aliphatic carbocycles. The zero-order valence-corrected chi connectivity index (χ0v) is 21.4. The first-order valence-electron chi connectivity index (χ1n) is 10.5. The molecule has 0 aromatic heterocycles. The summed E-state index contributed by atoms with van der Waals surface area (Å²) < 4.78 is 38.7. The lowest BCUT2D eigenvalue weighted by Crippen LogP contribution is -2.40. The normalized spacial score (nSPS) is 14.3. The first-order chi connectivity index (χ1) is 16.7.